The summed E-state index contributed by atoms with van der Waals surface area (Å²) in [6.07, 6.45) is 1.65. The van der Waals surface area contributed by atoms with E-state index >= 15 is 0 Å². The molecule has 1 N–H and O–H groups in total. The molecule has 1 aliphatic heterocycles. The van der Waals surface area contributed by atoms with E-state index in [1.165, 1.54) is 4.90 Å². The number of aliphatic hydroxyl groups excluding tert-OH is 1. The van der Waals surface area contributed by atoms with Gasteiger partial charge in [0.1, 0.15) is 5.76 Å². The van der Waals surface area contributed by atoms with E-state index in [0.717, 1.165) is 21.2 Å². The number of amides is 1. The van der Waals surface area contributed by atoms with Crippen molar-refractivity contribution in [1.29, 1.82) is 0 Å². The number of aromatic nitrogens is 1. The molecule has 0 spiro atoms. The van der Waals surface area contributed by atoms with Crippen LogP contribution in [0.1, 0.15) is 34.0 Å². The first kappa shape index (κ1) is 21.0. The van der Waals surface area contributed by atoms with Crippen molar-refractivity contribution in [2.75, 3.05) is 0 Å². The molecule has 5 nitrogen and oxygen atoms in total. The molecular weight excluding hydrogens is 456 g/mol. The van der Waals surface area contributed by atoms with Gasteiger partial charge in [0, 0.05) is 16.2 Å². The maximum atomic E-state index is 13.1. The van der Waals surface area contributed by atoms with Crippen LogP contribution >= 0.6 is 15.9 Å². The van der Waals surface area contributed by atoms with Gasteiger partial charge in [-0.05, 0) is 54.8 Å². The molecule has 1 aliphatic rings. The quantitative estimate of drug-likeness (QED) is 0.323. The normalized spacial score (nSPS) is 17.9. The van der Waals surface area contributed by atoms with Gasteiger partial charge in [0.25, 0.3) is 11.7 Å². The molecule has 2 aromatic carbocycles. The fourth-order valence-corrected chi connectivity index (χ4v) is 4.12. The van der Waals surface area contributed by atoms with Gasteiger partial charge >= 0.3 is 0 Å². The van der Waals surface area contributed by atoms with Crippen LogP contribution in [0.4, 0.5) is 0 Å². The first-order chi connectivity index (χ1) is 14.9. The molecule has 0 radical (unpaired) electrons. The van der Waals surface area contributed by atoms with Crippen molar-refractivity contribution in [3.63, 3.8) is 0 Å². The number of aryl methyl sites for hydroxylation is 2. The molecule has 0 bridgehead atoms. The number of ketones is 1. The zero-order valence-electron chi connectivity index (χ0n) is 17.2. The van der Waals surface area contributed by atoms with E-state index in [1.54, 1.807) is 24.4 Å². The maximum absolute atomic E-state index is 13.1. The zero-order chi connectivity index (χ0) is 22.1. The number of nitrogens with zero attached hydrogens (tertiary/aromatic N) is 2. The van der Waals surface area contributed by atoms with Gasteiger partial charge in [0.15, 0.2) is 0 Å². The largest absolute Gasteiger partial charge is 0.507 e. The fraction of sp³-hybridized carbons (Fsp3) is 0.160. The van der Waals surface area contributed by atoms with Gasteiger partial charge < -0.3 is 10.0 Å². The Hall–Kier alpha value is -3.25. The molecule has 4 rings (SSSR count). The van der Waals surface area contributed by atoms with Crippen molar-refractivity contribution in [2.24, 2.45) is 0 Å². The number of hydrogen-bond donors (Lipinski definition) is 1. The number of benzene rings is 2. The van der Waals surface area contributed by atoms with E-state index < -0.39 is 17.7 Å². The Labute approximate surface area is 189 Å². The molecule has 156 valence electrons. The van der Waals surface area contributed by atoms with Crippen molar-refractivity contribution < 1.29 is 14.7 Å². The highest BCUT2D eigenvalue weighted by molar-refractivity contribution is 9.10. The van der Waals surface area contributed by atoms with Gasteiger partial charge in [-0.2, -0.15) is 0 Å². The third-order valence-electron chi connectivity index (χ3n) is 5.51. The number of Topliss-reactive ketones (excluding diaryl/α,β-unsaturated/α-hetero) is 1. The second kappa shape index (κ2) is 8.47. The Morgan fingerprint density at radius 1 is 1.03 bits per heavy atom. The average Bonchev–Trinajstić information content (AvgIpc) is 3.01. The Morgan fingerprint density at radius 2 is 1.77 bits per heavy atom. The highest BCUT2D eigenvalue weighted by Crippen LogP contribution is 2.41. The summed E-state index contributed by atoms with van der Waals surface area (Å²) in [6, 6.07) is 17.7. The van der Waals surface area contributed by atoms with Gasteiger partial charge in [-0.15, -0.1) is 0 Å². The molecule has 6 heteroatoms. The number of likely N-dealkylation sites (tertiary alicyclic amines) is 1. The summed E-state index contributed by atoms with van der Waals surface area (Å²) in [4.78, 5) is 32.0. The standard InChI is InChI=1S/C25H21BrN2O3/c1-15-7-3-4-9-19(15)22-21(23(29)17-10-11-20(26)16(2)13-17)24(30)25(31)28(22)14-18-8-5-6-12-27-18/h3-13,22,29H,14H2,1-2H3/b23-21+. The topological polar surface area (TPSA) is 70.5 Å². The molecule has 0 saturated carbocycles. The summed E-state index contributed by atoms with van der Waals surface area (Å²) in [5.74, 6) is -1.51. The Bertz CT molecular complexity index is 1200. The molecular formula is C25H21BrN2O3. The Morgan fingerprint density at radius 3 is 2.45 bits per heavy atom. The lowest BCUT2D eigenvalue weighted by Crippen LogP contribution is -2.29. The monoisotopic (exact) mass is 476 g/mol. The third kappa shape index (κ3) is 3.91. The second-order valence-corrected chi connectivity index (χ2v) is 8.42. The summed E-state index contributed by atoms with van der Waals surface area (Å²) < 4.78 is 0.898. The molecule has 1 unspecified atom stereocenters. The molecule has 1 atom stereocenters. The van der Waals surface area contributed by atoms with Crippen LogP contribution in [0, 0.1) is 13.8 Å². The first-order valence-corrected chi connectivity index (χ1v) is 10.7. The summed E-state index contributed by atoms with van der Waals surface area (Å²) >= 11 is 3.45. The van der Waals surface area contributed by atoms with E-state index in [9.17, 15) is 14.7 Å². The minimum absolute atomic E-state index is 0.0944. The number of aliphatic hydroxyl groups is 1. The van der Waals surface area contributed by atoms with Crippen LogP contribution in [0.15, 0.2) is 76.9 Å². The van der Waals surface area contributed by atoms with Crippen LogP contribution in [0.3, 0.4) is 0 Å². The van der Waals surface area contributed by atoms with E-state index in [-0.39, 0.29) is 17.9 Å². The summed E-state index contributed by atoms with van der Waals surface area (Å²) in [7, 11) is 0. The maximum Gasteiger partial charge on any atom is 0.296 e. The molecule has 1 fully saturated rings. The van der Waals surface area contributed by atoms with Gasteiger partial charge in [-0.25, -0.2) is 0 Å². The summed E-state index contributed by atoms with van der Waals surface area (Å²) in [6.45, 7) is 4.00. The predicted octanol–water partition coefficient (Wildman–Crippen LogP) is 5.08. The van der Waals surface area contributed by atoms with E-state index in [1.807, 2.05) is 56.3 Å². The molecule has 1 amide bonds. The summed E-state index contributed by atoms with van der Waals surface area (Å²) in [5, 5.41) is 11.2. The number of hydrogen-bond acceptors (Lipinski definition) is 4. The zero-order valence-corrected chi connectivity index (χ0v) is 18.8. The van der Waals surface area contributed by atoms with Crippen LogP contribution in [0.2, 0.25) is 0 Å². The van der Waals surface area contributed by atoms with Crippen molar-refractivity contribution in [2.45, 2.75) is 26.4 Å². The van der Waals surface area contributed by atoms with E-state index in [2.05, 4.69) is 20.9 Å². The van der Waals surface area contributed by atoms with E-state index in [0.29, 0.717) is 11.3 Å². The molecule has 1 aromatic heterocycles. The Kier molecular flexibility index (Phi) is 5.74. The average molecular weight is 477 g/mol. The van der Waals surface area contributed by atoms with E-state index in [4.69, 9.17) is 0 Å². The minimum Gasteiger partial charge on any atom is -0.507 e. The SMILES string of the molecule is Cc1cc(/C(O)=C2\C(=O)C(=O)N(Cc3ccccn3)C2c2ccccc2C)ccc1Br. The molecule has 0 aliphatic carbocycles. The van der Waals surface area contributed by atoms with Gasteiger partial charge in [0.05, 0.1) is 23.9 Å². The highest BCUT2D eigenvalue weighted by atomic mass is 79.9. The predicted molar refractivity (Wildman–Crippen MR) is 122 cm³/mol. The number of pyridine rings is 1. The number of halogens is 1. The molecule has 31 heavy (non-hydrogen) atoms. The van der Waals surface area contributed by atoms with Crippen LogP contribution in [-0.4, -0.2) is 26.7 Å². The first-order valence-electron chi connectivity index (χ1n) is 9.89. The van der Waals surface area contributed by atoms with Crippen LogP contribution in [-0.2, 0) is 16.1 Å². The second-order valence-electron chi connectivity index (χ2n) is 7.57. The highest BCUT2D eigenvalue weighted by Gasteiger charge is 2.46. The molecule has 3 aromatic rings. The van der Waals surface area contributed by atoms with Gasteiger partial charge in [0.2, 0.25) is 0 Å². The van der Waals surface area contributed by atoms with Crippen LogP contribution in [0.5, 0.6) is 0 Å². The number of rotatable bonds is 4. The number of carbonyl (C=O) groups is 2. The van der Waals surface area contributed by atoms with Gasteiger partial charge in [-0.3, -0.25) is 14.6 Å². The Balaban J connectivity index is 1.90. The van der Waals surface area contributed by atoms with Crippen molar-refractivity contribution in [1.82, 2.24) is 9.88 Å². The lowest BCUT2D eigenvalue weighted by atomic mass is 9.92. The smallest absolute Gasteiger partial charge is 0.296 e. The fourth-order valence-electron chi connectivity index (χ4n) is 3.87. The lowest BCUT2D eigenvalue weighted by Gasteiger charge is -2.26. The lowest BCUT2D eigenvalue weighted by molar-refractivity contribution is -0.140. The number of carbonyl (C=O) groups excluding carboxylic acids is 2. The third-order valence-corrected chi connectivity index (χ3v) is 6.40. The van der Waals surface area contributed by atoms with Crippen molar-refractivity contribution in [3.05, 3.63) is 105 Å². The molecule has 1 saturated heterocycles. The van der Waals surface area contributed by atoms with Gasteiger partial charge in [-0.1, -0.05) is 52.3 Å². The van der Waals surface area contributed by atoms with Crippen molar-refractivity contribution >= 4 is 33.4 Å². The van der Waals surface area contributed by atoms with Crippen LogP contribution in [0.25, 0.3) is 5.76 Å². The minimum atomic E-state index is -0.702. The molecule has 2 heterocycles. The summed E-state index contributed by atoms with van der Waals surface area (Å²) in [5.41, 5.74) is 3.90. The van der Waals surface area contributed by atoms with Crippen LogP contribution < -0.4 is 0 Å². The van der Waals surface area contributed by atoms with Crippen molar-refractivity contribution in [3.8, 4) is 0 Å².